The molecule has 8 nitrogen and oxygen atoms in total. The van der Waals surface area contributed by atoms with Crippen molar-refractivity contribution in [1.82, 2.24) is 4.90 Å². The third-order valence-electron chi connectivity index (χ3n) is 4.02. The van der Waals surface area contributed by atoms with Crippen molar-refractivity contribution in [3.63, 3.8) is 0 Å². The Kier molecular flexibility index (Phi) is 7.85. The normalized spacial score (nSPS) is 10.5. The number of carboxylic acids is 1. The van der Waals surface area contributed by atoms with Crippen molar-refractivity contribution in [2.24, 2.45) is 0 Å². The summed E-state index contributed by atoms with van der Waals surface area (Å²) in [5, 5.41) is 12.7. The summed E-state index contributed by atoms with van der Waals surface area (Å²) in [7, 11) is 5.43. The minimum absolute atomic E-state index is 0.0213. The van der Waals surface area contributed by atoms with E-state index in [-0.39, 0.29) is 23.4 Å². The zero-order chi connectivity index (χ0) is 21.4. The van der Waals surface area contributed by atoms with Gasteiger partial charge in [0.2, 0.25) is 0 Å². The SMILES string of the molecule is CCOC(=O)c1cccc(Nc2ccc(OCCN(C)C)cc2OC)c1C(=O)O. The fourth-order valence-electron chi connectivity index (χ4n) is 2.62. The summed E-state index contributed by atoms with van der Waals surface area (Å²) in [5.74, 6) is -0.817. The quantitative estimate of drug-likeness (QED) is 0.585. The number of carboxylic acid groups (broad SMARTS) is 1. The predicted molar refractivity (Wildman–Crippen MR) is 110 cm³/mol. The predicted octanol–water partition coefficient (Wildman–Crippen LogP) is 3.25. The van der Waals surface area contributed by atoms with E-state index in [1.165, 1.54) is 13.2 Å². The molecule has 0 fully saturated rings. The van der Waals surface area contributed by atoms with Crippen LogP contribution in [0.25, 0.3) is 0 Å². The topological polar surface area (TPSA) is 97.3 Å². The molecule has 0 saturated heterocycles. The van der Waals surface area contributed by atoms with Crippen molar-refractivity contribution in [1.29, 1.82) is 0 Å². The van der Waals surface area contributed by atoms with Crippen molar-refractivity contribution in [3.8, 4) is 11.5 Å². The number of likely N-dealkylation sites (N-methyl/N-ethyl adjacent to an activating group) is 1. The zero-order valence-corrected chi connectivity index (χ0v) is 17.0. The number of esters is 1. The summed E-state index contributed by atoms with van der Waals surface area (Å²) >= 11 is 0. The summed E-state index contributed by atoms with van der Waals surface area (Å²) in [6, 6.07) is 9.79. The number of carbonyl (C=O) groups excluding carboxylic acids is 1. The molecule has 0 aliphatic rings. The van der Waals surface area contributed by atoms with Crippen molar-refractivity contribution < 1.29 is 28.9 Å². The van der Waals surface area contributed by atoms with E-state index in [2.05, 4.69) is 5.32 Å². The average molecular weight is 402 g/mol. The number of carbonyl (C=O) groups is 2. The number of anilines is 2. The van der Waals surface area contributed by atoms with Gasteiger partial charge >= 0.3 is 11.9 Å². The van der Waals surface area contributed by atoms with E-state index in [0.717, 1.165) is 6.54 Å². The molecule has 0 amide bonds. The second-order valence-electron chi connectivity index (χ2n) is 6.39. The lowest BCUT2D eigenvalue weighted by molar-refractivity contribution is 0.0515. The van der Waals surface area contributed by atoms with Crippen LogP contribution in [0.5, 0.6) is 11.5 Å². The first-order chi connectivity index (χ1) is 13.9. The van der Waals surface area contributed by atoms with Gasteiger partial charge in [0.25, 0.3) is 0 Å². The number of nitrogens with zero attached hydrogens (tertiary/aromatic N) is 1. The molecule has 2 N–H and O–H groups in total. The zero-order valence-electron chi connectivity index (χ0n) is 17.0. The fourth-order valence-corrected chi connectivity index (χ4v) is 2.62. The maximum absolute atomic E-state index is 12.1. The van der Waals surface area contributed by atoms with E-state index in [4.69, 9.17) is 14.2 Å². The van der Waals surface area contributed by atoms with Gasteiger partial charge in [-0.05, 0) is 45.3 Å². The second-order valence-corrected chi connectivity index (χ2v) is 6.39. The number of aromatic carboxylic acids is 1. The van der Waals surface area contributed by atoms with Gasteiger partial charge in [-0.25, -0.2) is 9.59 Å². The molecule has 2 aromatic rings. The van der Waals surface area contributed by atoms with Crippen molar-refractivity contribution >= 4 is 23.3 Å². The Morgan fingerprint density at radius 1 is 1.14 bits per heavy atom. The number of ether oxygens (including phenoxy) is 3. The highest BCUT2D eigenvalue weighted by atomic mass is 16.5. The number of hydrogen-bond acceptors (Lipinski definition) is 7. The molecule has 8 heteroatoms. The molecule has 0 aromatic heterocycles. The largest absolute Gasteiger partial charge is 0.494 e. The lowest BCUT2D eigenvalue weighted by Gasteiger charge is -2.16. The molecule has 2 rings (SSSR count). The Hall–Kier alpha value is -3.26. The van der Waals surface area contributed by atoms with Crippen LogP contribution in [0.3, 0.4) is 0 Å². The average Bonchev–Trinajstić information content (AvgIpc) is 2.68. The first-order valence-electron chi connectivity index (χ1n) is 9.13. The van der Waals surface area contributed by atoms with Gasteiger partial charge in [-0.1, -0.05) is 6.07 Å². The maximum atomic E-state index is 12.1. The monoisotopic (exact) mass is 402 g/mol. The van der Waals surface area contributed by atoms with Crippen LogP contribution in [0.1, 0.15) is 27.6 Å². The van der Waals surface area contributed by atoms with Crippen molar-refractivity contribution in [3.05, 3.63) is 47.5 Å². The Balaban J connectivity index is 2.32. The lowest BCUT2D eigenvalue weighted by Crippen LogP contribution is -2.19. The molecule has 0 bridgehead atoms. The molecule has 0 saturated carbocycles. The van der Waals surface area contributed by atoms with E-state index in [1.54, 1.807) is 37.3 Å². The molecular weight excluding hydrogens is 376 g/mol. The Labute approximate surface area is 170 Å². The highest BCUT2D eigenvalue weighted by Gasteiger charge is 2.22. The first kappa shape index (κ1) is 22.0. The van der Waals surface area contributed by atoms with Crippen molar-refractivity contribution in [2.75, 3.05) is 46.3 Å². The van der Waals surface area contributed by atoms with Gasteiger partial charge in [-0.2, -0.15) is 0 Å². The van der Waals surface area contributed by atoms with Crippen LogP contribution < -0.4 is 14.8 Å². The number of hydrogen-bond donors (Lipinski definition) is 2. The van der Waals surface area contributed by atoms with Gasteiger partial charge in [0.05, 0.1) is 36.2 Å². The molecule has 2 aromatic carbocycles. The highest BCUT2D eigenvalue weighted by Crippen LogP contribution is 2.33. The molecule has 0 aliphatic carbocycles. The van der Waals surface area contributed by atoms with Crippen LogP contribution in [-0.2, 0) is 4.74 Å². The van der Waals surface area contributed by atoms with E-state index >= 15 is 0 Å². The molecule has 156 valence electrons. The molecule has 0 atom stereocenters. The maximum Gasteiger partial charge on any atom is 0.339 e. The number of rotatable bonds is 10. The number of nitrogens with one attached hydrogen (secondary N) is 1. The van der Waals surface area contributed by atoms with E-state index in [1.807, 2.05) is 19.0 Å². The van der Waals surface area contributed by atoms with E-state index < -0.39 is 11.9 Å². The van der Waals surface area contributed by atoms with Crippen LogP contribution in [0, 0.1) is 0 Å². The third-order valence-corrected chi connectivity index (χ3v) is 4.02. The van der Waals surface area contributed by atoms with Gasteiger partial charge in [0, 0.05) is 12.6 Å². The van der Waals surface area contributed by atoms with E-state index in [9.17, 15) is 14.7 Å². The third kappa shape index (κ3) is 5.86. The van der Waals surface area contributed by atoms with Gasteiger partial charge in [-0.15, -0.1) is 0 Å². The second kappa shape index (κ2) is 10.3. The number of benzene rings is 2. The molecule has 0 aliphatic heterocycles. The van der Waals surface area contributed by atoms with Gasteiger partial charge < -0.3 is 29.5 Å². The highest BCUT2D eigenvalue weighted by molar-refractivity contribution is 6.07. The summed E-state index contributed by atoms with van der Waals surface area (Å²) < 4.78 is 16.1. The molecule has 0 unspecified atom stereocenters. The Morgan fingerprint density at radius 3 is 2.52 bits per heavy atom. The molecule has 0 spiro atoms. The van der Waals surface area contributed by atoms with Crippen molar-refractivity contribution in [2.45, 2.75) is 6.92 Å². The van der Waals surface area contributed by atoms with Crippen LogP contribution in [0.4, 0.5) is 11.4 Å². The molecule has 0 heterocycles. The van der Waals surface area contributed by atoms with Crippen LogP contribution in [0.2, 0.25) is 0 Å². The number of methoxy groups -OCH3 is 1. The van der Waals surface area contributed by atoms with Gasteiger partial charge in [-0.3, -0.25) is 0 Å². The minimum Gasteiger partial charge on any atom is -0.494 e. The summed E-state index contributed by atoms with van der Waals surface area (Å²) in [6.45, 7) is 3.10. The minimum atomic E-state index is -1.24. The van der Waals surface area contributed by atoms with E-state index in [0.29, 0.717) is 23.8 Å². The van der Waals surface area contributed by atoms with Crippen LogP contribution in [0.15, 0.2) is 36.4 Å². The van der Waals surface area contributed by atoms with Gasteiger partial charge in [0.15, 0.2) is 0 Å². The Bertz CT molecular complexity index is 866. The lowest BCUT2D eigenvalue weighted by atomic mass is 10.0. The molecule has 29 heavy (non-hydrogen) atoms. The first-order valence-corrected chi connectivity index (χ1v) is 9.13. The summed E-state index contributed by atoms with van der Waals surface area (Å²) in [5.41, 5.74) is 0.602. The standard InChI is InChI=1S/C21H26N2O6/c1-5-28-21(26)15-7-6-8-17(19(15)20(24)25)22-16-10-9-14(13-18(16)27-4)29-12-11-23(2)3/h6-10,13,22H,5,11-12H2,1-4H3,(H,24,25). The Morgan fingerprint density at radius 2 is 1.90 bits per heavy atom. The van der Waals surface area contributed by atoms with Crippen LogP contribution >= 0.6 is 0 Å². The van der Waals surface area contributed by atoms with Gasteiger partial charge in [0.1, 0.15) is 18.1 Å². The molecular formula is C21H26N2O6. The molecule has 0 radical (unpaired) electrons. The fraction of sp³-hybridized carbons (Fsp3) is 0.333. The smallest absolute Gasteiger partial charge is 0.339 e. The van der Waals surface area contributed by atoms with Crippen LogP contribution in [-0.4, -0.2) is 62.9 Å². The summed E-state index contributed by atoms with van der Waals surface area (Å²) in [4.78, 5) is 26.0. The summed E-state index contributed by atoms with van der Waals surface area (Å²) in [6.07, 6.45) is 0.